The lowest BCUT2D eigenvalue weighted by molar-refractivity contribution is -0.134. The van der Waals surface area contributed by atoms with Crippen LogP contribution in [0, 0.1) is 23.2 Å². The second kappa shape index (κ2) is 9.03. The van der Waals surface area contributed by atoms with Crippen molar-refractivity contribution >= 4 is 21.8 Å². The molecule has 1 aliphatic heterocycles. The van der Waals surface area contributed by atoms with Crippen LogP contribution in [-0.4, -0.2) is 51.3 Å². The molecule has 4 saturated carbocycles. The highest BCUT2D eigenvalue weighted by Crippen LogP contribution is 2.61. The third kappa shape index (κ3) is 4.75. The van der Waals surface area contributed by atoms with Gasteiger partial charge in [-0.15, -0.1) is 0 Å². The van der Waals surface area contributed by atoms with Crippen molar-refractivity contribution in [1.29, 1.82) is 0 Å². The van der Waals surface area contributed by atoms with E-state index in [1.54, 1.807) is 6.07 Å². The van der Waals surface area contributed by atoms with Crippen LogP contribution in [0.3, 0.4) is 0 Å². The molecule has 0 spiro atoms. The Bertz CT molecular complexity index is 1040. The second-order valence-electron chi connectivity index (χ2n) is 10.6. The minimum Gasteiger partial charge on any atom is -0.490 e. The van der Waals surface area contributed by atoms with Gasteiger partial charge in [-0.25, -0.2) is 8.42 Å². The summed E-state index contributed by atoms with van der Waals surface area (Å²) in [6.07, 6.45) is 8.38. The summed E-state index contributed by atoms with van der Waals surface area (Å²) in [5.74, 6) is 2.31. The van der Waals surface area contributed by atoms with E-state index in [1.165, 1.54) is 38.4 Å². The van der Waals surface area contributed by atoms with E-state index in [-0.39, 0.29) is 16.2 Å². The lowest BCUT2D eigenvalue weighted by Crippen LogP contribution is -2.51. The van der Waals surface area contributed by atoms with Crippen molar-refractivity contribution < 1.29 is 27.5 Å². The molecule has 34 heavy (non-hydrogen) atoms. The minimum absolute atomic E-state index is 0.0119. The molecular weight excluding hydrogens is 458 g/mol. The third-order valence-corrected chi connectivity index (χ3v) is 9.63. The maximum Gasteiger partial charge on any atom is 0.253 e. The second-order valence-corrected chi connectivity index (χ2v) is 12.7. The van der Waals surface area contributed by atoms with Gasteiger partial charge >= 0.3 is 0 Å². The zero-order valence-electron chi connectivity index (χ0n) is 19.5. The first-order valence-corrected chi connectivity index (χ1v) is 13.6. The van der Waals surface area contributed by atoms with Crippen LogP contribution in [0.25, 0.3) is 0 Å². The molecule has 1 heterocycles. The maximum atomic E-state index is 13.0. The number of ether oxygens (including phenoxy) is 2. The highest BCUT2D eigenvalue weighted by atomic mass is 32.2. The predicted octanol–water partition coefficient (Wildman–Crippen LogP) is 2.22. The zero-order chi connectivity index (χ0) is 23.9. The van der Waals surface area contributed by atoms with Gasteiger partial charge in [0.05, 0.1) is 24.7 Å². The van der Waals surface area contributed by atoms with E-state index in [0.29, 0.717) is 37.6 Å². The number of hydrogen-bond acceptors (Lipinski definition) is 6. The molecule has 0 atom stereocenters. The molecule has 4 aliphatic carbocycles. The molecule has 1 aromatic carbocycles. The van der Waals surface area contributed by atoms with Crippen LogP contribution in [0.5, 0.6) is 11.5 Å². The molecule has 0 radical (unpaired) electrons. The minimum atomic E-state index is -3.93. The van der Waals surface area contributed by atoms with E-state index < -0.39 is 22.5 Å². The molecule has 0 saturated heterocycles. The van der Waals surface area contributed by atoms with E-state index in [9.17, 15) is 18.0 Å². The van der Waals surface area contributed by atoms with Gasteiger partial charge in [0, 0.05) is 26.0 Å². The van der Waals surface area contributed by atoms with Crippen molar-refractivity contribution in [2.45, 2.75) is 56.3 Å². The van der Waals surface area contributed by atoms with Crippen molar-refractivity contribution in [3.63, 3.8) is 0 Å². The fraction of sp³-hybridized carbons (Fsp3) is 0.667. The number of fused-ring (bicyclic) bond motifs is 1. The van der Waals surface area contributed by atoms with Gasteiger partial charge in [0.2, 0.25) is 15.9 Å². The molecule has 4 bridgehead atoms. The van der Waals surface area contributed by atoms with Crippen molar-refractivity contribution in [2.24, 2.45) is 23.2 Å². The van der Waals surface area contributed by atoms with Crippen molar-refractivity contribution in [3.05, 3.63) is 18.2 Å². The SMILES string of the molecule is CN(CC(=O)NNC(=O)CC12CC3CC(CC(C3)C1)C2)S(=O)(=O)c1ccc2c(c1)OCCCO2. The Morgan fingerprint density at radius 3 is 2.21 bits per heavy atom. The molecular formula is C24H33N3O6S. The van der Waals surface area contributed by atoms with Gasteiger partial charge in [0.15, 0.2) is 11.5 Å². The van der Waals surface area contributed by atoms with Crippen molar-refractivity contribution in [1.82, 2.24) is 15.2 Å². The standard InChI is InChI=1S/C24H33N3O6S/c1-27(34(30,31)19-3-4-20-21(10-19)33-6-2-5-32-20)15-23(29)26-25-22(28)14-24-11-16-7-17(12-24)9-18(8-16)13-24/h3-4,10,16-18H,2,5-9,11-15H2,1H3,(H,25,28)(H,26,29). The summed E-state index contributed by atoms with van der Waals surface area (Å²) in [6.45, 7) is 0.528. The Balaban J connectivity index is 1.14. The number of hydrogen-bond donors (Lipinski definition) is 2. The molecule has 5 aliphatic rings. The number of hydrazine groups is 1. The molecule has 10 heteroatoms. The van der Waals surface area contributed by atoms with Crippen molar-refractivity contribution in [3.8, 4) is 11.5 Å². The Hall–Kier alpha value is -2.33. The summed E-state index contributed by atoms with van der Waals surface area (Å²) in [4.78, 5) is 25.0. The largest absolute Gasteiger partial charge is 0.490 e. The first-order chi connectivity index (χ1) is 16.2. The zero-order valence-corrected chi connectivity index (χ0v) is 20.4. The van der Waals surface area contributed by atoms with Gasteiger partial charge in [0.25, 0.3) is 5.91 Å². The molecule has 0 aromatic heterocycles. The summed E-state index contributed by atoms with van der Waals surface area (Å²) in [5, 5.41) is 0. The Kier molecular flexibility index (Phi) is 6.22. The lowest BCUT2D eigenvalue weighted by atomic mass is 9.49. The molecule has 4 fully saturated rings. The number of rotatable bonds is 6. The molecule has 1 aromatic rings. The highest BCUT2D eigenvalue weighted by molar-refractivity contribution is 7.89. The summed E-state index contributed by atoms with van der Waals surface area (Å²) in [5.41, 5.74) is 4.96. The third-order valence-electron chi connectivity index (χ3n) is 7.84. The number of amides is 2. The van der Waals surface area contributed by atoms with E-state index >= 15 is 0 Å². The molecule has 9 nitrogen and oxygen atoms in total. The van der Waals surface area contributed by atoms with Crippen molar-refractivity contribution in [2.75, 3.05) is 26.8 Å². The molecule has 2 N–H and O–H groups in total. The van der Waals surface area contributed by atoms with E-state index in [4.69, 9.17) is 9.47 Å². The van der Waals surface area contributed by atoms with Crippen LogP contribution in [-0.2, 0) is 19.6 Å². The van der Waals surface area contributed by atoms with E-state index in [1.807, 2.05) is 0 Å². The Labute approximate surface area is 200 Å². The summed E-state index contributed by atoms with van der Waals surface area (Å²) >= 11 is 0. The number of nitrogens with zero attached hydrogens (tertiary/aromatic N) is 1. The number of likely N-dealkylation sites (N-methyl/N-ethyl adjacent to an activating group) is 1. The van der Waals surface area contributed by atoms with Crippen LogP contribution < -0.4 is 20.3 Å². The van der Waals surface area contributed by atoms with Crippen LogP contribution in [0.1, 0.15) is 51.4 Å². The average Bonchev–Trinajstić information content (AvgIpc) is 3.01. The van der Waals surface area contributed by atoms with Gasteiger partial charge in [-0.3, -0.25) is 20.4 Å². The first-order valence-electron chi connectivity index (χ1n) is 12.2. The molecule has 186 valence electrons. The molecule has 2 amide bonds. The quantitative estimate of drug-likeness (QED) is 0.590. The normalized spacial score (nSPS) is 29.5. The van der Waals surface area contributed by atoms with E-state index in [2.05, 4.69) is 10.9 Å². The topological polar surface area (TPSA) is 114 Å². The fourth-order valence-corrected chi connectivity index (χ4v) is 7.98. The number of carbonyl (C=O) groups is 2. The van der Waals surface area contributed by atoms with Gasteiger partial charge < -0.3 is 9.47 Å². The fourth-order valence-electron chi connectivity index (χ4n) is 6.84. The van der Waals surface area contributed by atoms with Crippen LogP contribution in [0.4, 0.5) is 0 Å². The summed E-state index contributed by atoms with van der Waals surface area (Å²) in [6, 6.07) is 4.41. The van der Waals surface area contributed by atoms with Gasteiger partial charge in [-0.05, 0) is 73.8 Å². The molecule has 6 rings (SSSR count). The number of benzene rings is 1. The maximum absolute atomic E-state index is 13.0. The molecule has 0 unspecified atom stereocenters. The number of carbonyl (C=O) groups excluding carboxylic acids is 2. The number of nitrogens with one attached hydrogen (secondary N) is 2. The first kappa shape index (κ1) is 23.4. The van der Waals surface area contributed by atoms with Crippen LogP contribution >= 0.6 is 0 Å². The van der Waals surface area contributed by atoms with Gasteiger partial charge in [0.1, 0.15) is 0 Å². The van der Waals surface area contributed by atoms with Crippen LogP contribution in [0.2, 0.25) is 0 Å². The Morgan fingerprint density at radius 1 is 0.971 bits per heavy atom. The summed E-state index contributed by atoms with van der Waals surface area (Å²) in [7, 11) is -2.60. The average molecular weight is 492 g/mol. The smallest absolute Gasteiger partial charge is 0.253 e. The monoisotopic (exact) mass is 491 g/mol. The van der Waals surface area contributed by atoms with Gasteiger partial charge in [-0.2, -0.15) is 4.31 Å². The summed E-state index contributed by atoms with van der Waals surface area (Å²) < 4.78 is 38.0. The number of sulfonamides is 1. The Morgan fingerprint density at radius 2 is 1.56 bits per heavy atom. The van der Waals surface area contributed by atoms with E-state index in [0.717, 1.165) is 41.3 Å². The van der Waals surface area contributed by atoms with Gasteiger partial charge in [-0.1, -0.05) is 0 Å². The van der Waals surface area contributed by atoms with Crippen LogP contribution in [0.15, 0.2) is 23.1 Å². The lowest BCUT2D eigenvalue weighted by Gasteiger charge is -2.56. The highest BCUT2D eigenvalue weighted by Gasteiger charge is 2.51. The predicted molar refractivity (Wildman–Crippen MR) is 123 cm³/mol.